The van der Waals surface area contributed by atoms with Gasteiger partial charge in [-0.1, -0.05) is 30.3 Å². The number of hydrogen-bond acceptors (Lipinski definition) is 2. The first-order valence-corrected chi connectivity index (χ1v) is 5.22. The summed E-state index contributed by atoms with van der Waals surface area (Å²) in [6, 6.07) is 13.9. The third kappa shape index (κ3) is 1.74. The van der Waals surface area contributed by atoms with Crippen LogP contribution in [0.25, 0.3) is 11.1 Å². The number of anilines is 1. The number of ether oxygens (including phenoxy) is 1. The van der Waals surface area contributed by atoms with Crippen molar-refractivity contribution in [2.75, 3.05) is 12.8 Å². The first kappa shape index (κ1) is 10.6. The van der Waals surface area contributed by atoms with E-state index in [1.165, 1.54) is 0 Å². The lowest BCUT2D eigenvalue weighted by molar-refractivity contribution is 0.416. The molecular formula is C14H15NO. The molecule has 2 aromatic carbocycles. The van der Waals surface area contributed by atoms with Crippen LogP contribution < -0.4 is 10.5 Å². The Morgan fingerprint density at radius 3 is 2.38 bits per heavy atom. The summed E-state index contributed by atoms with van der Waals surface area (Å²) in [5, 5.41) is 0. The third-order valence-corrected chi connectivity index (χ3v) is 2.77. The number of benzene rings is 2. The second-order valence-corrected chi connectivity index (χ2v) is 3.72. The van der Waals surface area contributed by atoms with Crippen LogP contribution in [0.1, 0.15) is 5.56 Å². The lowest BCUT2D eigenvalue weighted by atomic mass is 9.98. The van der Waals surface area contributed by atoms with Gasteiger partial charge in [-0.2, -0.15) is 0 Å². The van der Waals surface area contributed by atoms with Crippen molar-refractivity contribution in [3.63, 3.8) is 0 Å². The molecule has 0 aromatic heterocycles. The molecular weight excluding hydrogens is 198 g/mol. The van der Waals surface area contributed by atoms with Crippen molar-refractivity contribution in [2.24, 2.45) is 0 Å². The molecule has 0 aliphatic carbocycles. The molecule has 0 aliphatic heterocycles. The van der Waals surface area contributed by atoms with Crippen LogP contribution in [0.5, 0.6) is 5.75 Å². The van der Waals surface area contributed by atoms with Gasteiger partial charge in [0.25, 0.3) is 0 Å². The van der Waals surface area contributed by atoms with E-state index in [1.807, 2.05) is 43.3 Å². The van der Waals surface area contributed by atoms with E-state index >= 15 is 0 Å². The Morgan fingerprint density at radius 1 is 0.938 bits per heavy atom. The second-order valence-electron chi connectivity index (χ2n) is 3.72. The van der Waals surface area contributed by atoms with E-state index in [1.54, 1.807) is 7.11 Å². The Morgan fingerprint density at radius 2 is 1.62 bits per heavy atom. The van der Waals surface area contributed by atoms with Gasteiger partial charge in [-0.05, 0) is 30.2 Å². The summed E-state index contributed by atoms with van der Waals surface area (Å²) in [6.45, 7) is 2.02. The van der Waals surface area contributed by atoms with Crippen LogP contribution in [0.4, 0.5) is 5.69 Å². The highest BCUT2D eigenvalue weighted by atomic mass is 16.5. The van der Waals surface area contributed by atoms with E-state index in [0.717, 1.165) is 28.1 Å². The molecule has 0 atom stereocenters. The van der Waals surface area contributed by atoms with Crippen molar-refractivity contribution in [3.8, 4) is 16.9 Å². The van der Waals surface area contributed by atoms with E-state index in [9.17, 15) is 0 Å². The Kier molecular flexibility index (Phi) is 2.82. The molecule has 0 radical (unpaired) electrons. The third-order valence-electron chi connectivity index (χ3n) is 2.77. The van der Waals surface area contributed by atoms with Gasteiger partial charge in [-0.3, -0.25) is 0 Å². The zero-order valence-corrected chi connectivity index (χ0v) is 9.53. The molecule has 2 aromatic rings. The van der Waals surface area contributed by atoms with Crippen LogP contribution in [-0.4, -0.2) is 7.11 Å². The van der Waals surface area contributed by atoms with Crippen molar-refractivity contribution >= 4 is 5.69 Å². The lowest BCUT2D eigenvalue weighted by Gasteiger charge is -2.12. The van der Waals surface area contributed by atoms with E-state index in [4.69, 9.17) is 10.5 Å². The summed E-state index contributed by atoms with van der Waals surface area (Å²) in [5.74, 6) is 0.871. The standard InChI is InChI=1S/C14H15NO/c1-10-11(7-5-8-13(10)15)12-6-3-4-9-14(12)16-2/h3-9H,15H2,1-2H3. The van der Waals surface area contributed by atoms with E-state index < -0.39 is 0 Å². The van der Waals surface area contributed by atoms with Crippen LogP contribution in [0.2, 0.25) is 0 Å². The van der Waals surface area contributed by atoms with Crippen LogP contribution in [0.3, 0.4) is 0 Å². The van der Waals surface area contributed by atoms with Crippen molar-refractivity contribution < 1.29 is 4.74 Å². The molecule has 0 unspecified atom stereocenters. The van der Waals surface area contributed by atoms with Gasteiger partial charge in [0.2, 0.25) is 0 Å². The molecule has 2 N–H and O–H groups in total. The monoisotopic (exact) mass is 213 g/mol. The summed E-state index contributed by atoms with van der Waals surface area (Å²) in [6.07, 6.45) is 0. The highest BCUT2D eigenvalue weighted by molar-refractivity contribution is 5.77. The van der Waals surface area contributed by atoms with Gasteiger partial charge < -0.3 is 10.5 Å². The second kappa shape index (κ2) is 4.27. The largest absolute Gasteiger partial charge is 0.496 e. The molecule has 0 amide bonds. The highest BCUT2D eigenvalue weighted by Crippen LogP contribution is 2.33. The predicted molar refractivity (Wildman–Crippen MR) is 67.6 cm³/mol. The molecule has 0 spiro atoms. The fraction of sp³-hybridized carbons (Fsp3) is 0.143. The first-order chi connectivity index (χ1) is 7.74. The Bertz CT molecular complexity index is 506. The zero-order valence-electron chi connectivity index (χ0n) is 9.53. The Balaban J connectivity index is 2.63. The molecule has 0 heterocycles. The number of para-hydroxylation sites is 1. The maximum atomic E-state index is 5.91. The summed E-state index contributed by atoms with van der Waals surface area (Å²) < 4.78 is 5.35. The number of rotatable bonds is 2. The summed E-state index contributed by atoms with van der Waals surface area (Å²) in [4.78, 5) is 0. The van der Waals surface area contributed by atoms with Crippen molar-refractivity contribution in [2.45, 2.75) is 6.92 Å². The molecule has 2 rings (SSSR count). The minimum Gasteiger partial charge on any atom is -0.496 e. The average molecular weight is 213 g/mol. The Hall–Kier alpha value is -1.96. The van der Waals surface area contributed by atoms with Gasteiger partial charge in [-0.25, -0.2) is 0 Å². The number of hydrogen-bond donors (Lipinski definition) is 1. The van der Waals surface area contributed by atoms with Gasteiger partial charge in [0.05, 0.1) is 7.11 Å². The molecule has 0 saturated heterocycles. The topological polar surface area (TPSA) is 35.2 Å². The maximum Gasteiger partial charge on any atom is 0.126 e. The Labute approximate surface area is 95.7 Å². The van der Waals surface area contributed by atoms with Crippen LogP contribution >= 0.6 is 0 Å². The number of nitrogens with two attached hydrogens (primary N) is 1. The average Bonchev–Trinajstić information content (AvgIpc) is 2.33. The van der Waals surface area contributed by atoms with Gasteiger partial charge in [0.1, 0.15) is 5.75 Å². The lowest BCUT2D eigenvalue weighted by Crippen LogP contribution is -1.93. The molecule has 0 bridgehead atoms. The summed E-state index contributed by atoms with van der Waals surface area (Å²) in [7, 11) is 1.68. The maximum absolute atomic E-state index is 5.91. The van der Waals surface area contributed by atoms with Gasteiger partial charge >= 0.3 is 0 Å². The predicted octanol–water partition coefficient (Wildman–Crippen LogP) is 3.25. The molecule has 0 fully saturated rings. The van der Waals surface area contributed by atoms with Crippen molar-refractivity contribution in [1.29, 1.82) is 0 Å². The van der Waals surface area contributed by atoms with Crippen LogP contribution in [-0.2, 0) is 0 Å². The summed E-state index contributed by atoms with van der Waals surface area (Å²) >= 11 is 0. The molecule has 2 nitrogen and oxygen atoms in total. The molecule has 0 saturated carbocycles. The zero-order chi connectivity index (χ0) is 11.5. The minimum atomic E-state index is 0.809. The number of nitrogen functional groups attached to an aromatic ring is 1. The van der Waals surface area contributed by atoms with Crippen molar-refractivity contribution in [3.05, 3.63) is 48.0 Å². The smallest absolute Gasteiger partial charge is 0.126 e. The van der Waals surface area contributed by atoms with Crippen LogP contribution in [0.15, 0.2) is 42.5 Å². The van der Waals surface area contributed by atoms with E-state index in [2.05, 4.69) is 6.07 Å². The minimum absolute atomic E-state index is 0.809. The quantitative estimate of drug-likeness (QED) is 0.777. The van der Waals surface area contributed by atoms with Gasteiger partial charge in [0, 0.05) is 11.3 Å². The van der Waals surface area contributed by atoms with E-state index in [-0.39, 0.29) is 0 Å². The highest BCUT2D eigenvalue weighted by Gasteiger charge is 2.08. The van der Waals surface area contributed by atoms with Gasteiger partial charge in [0.15, 0.2) is 0 Å². The fourth-order valence-corrected chi connectivity index (χ4v) is 1.81. The van der Waals surface area contributed by atoms with Crippen molar-refractivity contribution in [1.82, 2.24) is 0 Å². The van der Waals surface area contributed by atoms with E-state index in [0.29, 0.717) is 0 Å². The fourth-order valence-electron chi connectivity index (χ4n) is 1.81. The molecule has 16 heavy (non-hydrogen) atoms. The SMILES string of the molecule is COc1ccccc1-c1cccc(N)c1C. The normalized spacial score (nSPS) is 10.1. The molecule has 2 heteroatoms. The number of methoxy groups -OCH3 is 1. The molecule has 0 aliphatic rings. The first-order valence-electron chi connectivity index (χ1n) is 5.22. The van der Waals surface area contributed by atoms with Gasteiger partial charge in [-0.15, -0.1) is 0 Å². The molecule has 82 valence electrons. The summed E-state index contributed by atoms with van der Waals surface area (Å²) in [5.41, 5.74) is 10.0. The van der Waals surface area contributed by atoms with Crippen LogP contribution in [0, 0.1) is 6.92 Å².